The van der Waals surface area contributed by atoms with Crippen LogP contribution >= 0.6 is 22.7 Å². The summed E-state index contributed by atoms with van der Waals surface area (Å²) >= 11 is 3.30. The molecule has 2 N–H and O–H groups in total. The zero-order valence-corrected chi connectivity index (χ0v) is 10.9. The molecule has 86 valence electrons. The van der Waals surface area contributed by atoms with Gasteiger partial charge >= 0.3 is 0 Å². The summed E-state index contributed by atoms with van der Waals surface area (Å²) in [7, 11) is 2.02. The number of rotatable bonds is 4. The summed E-state index contributed by atoms with van der Waals surface area (Å²) in [5, 5.41) is 6.18. The standard InChI is InChI=1S/C10H14N4S2/c1-7-12-9(6-15-7)4-14(2)10-13-8(3-11)5-16-10/h5-6H,3-4,11H2,1-2H3. The molecule has 2 aromatic heterocycles. The molecule has 16 heavy (non-hydrogen) atoms. The molecule has 4 nitrogen and oxygen atoms in total. The average molecular weight is 254 g/mol. The second-order valence-corrected chi connectivity index (χ2v) is 5.44. The summed E-state index contributed by atoms with van der Waals surface area (Å²) in [6.07, 6.45) is 0. The van der Waals surface area contributed by atoms with Crippen LogP contribution < -0.4 is 10.6 Å². The number of aryl methyl sites for hydroxylation is 1. The Morgan fingerprint density at radius 3 is 2.56 bits per heavy atom. The van der Waals surface area contributed by atoms with Crippen LogP contribution in [0.4, 0.5) is 5.13 Å². The first-order valence-electron chi connectivity index (χ1n) is 4.95. The van der Waals surface area contributed by atoms with Crippen molar-refractivity contribution in [2.75, 3.05) is 11.9 Å². The molecule has 0 aliphatic rings. The van der Waals surface area contributed by atoms with Gasteiger partial charge in [0.1, 0.15) is 0 Å². The van der Waals surface area contributed by atoms with Crippen LogP contribution in [0.1, 0.15) is 16.4 Å². The van der Waals surface area contributed by atoms with Crippen molar-refractivity contribution in [3.8, 4) is 0 Å². The lowest BCUT2D eigenvalue weighted by Gasteiger charge is -2.13. The van der Waals surface area contributed by atoms with E-state index in [2.05, 4.69) is 20.2 Å². The molecule has 0 bridgehead atoms. The maximum atomic E-state index is 5.53. The number of nitrogens with two attached hydrogens (primary N) is 1. The molecule has 2 rings (SSSR count). The first kappa shape index (κ1) is 11.5. The fourth-order valence-corrected chi connectivity index (χ4v) is 2.77. The first-order chi connectivity index (χ1) is 7.69. The highest BCUT2D eigenvalue weighted by Crippen LogP contribution is 2.21. The van der Waals surface area contributed by atoms with Crippen molar-refractivity contribution >= 4 is 27.8 Å². The largest absolute Gasteiger partial charge is 0.345 e. The van der Waals surface area contributed by atoms with E-state index in [0.717, 1.165) is 28.1 Å². The molecule has 0 unspecified atom stereocenters. The summed E-state index contributed by atoms with van der Waals surface area (Å²) < 4.78 is 0. The molecular weight excluding hydrogens is 240 g/mol. The van der Waals surface area contributed by atoms with Gasteiger partial charge in [-0.25, -0.2) is 9.97 Å². The molecule has 0 saturated carbocycles. The monoisotopic (exact) mass is 254 g/mol. The second kappa shape index (κ2) is 4.90. The normalized spacial score (nSPS) is 10.7. The highest BCUT2D eigenvalue weighted by Gasteiger charge is 2.08. The van der Waals surface area contributed by atoms with Gasteiger partial charge in [0.05, 0.1) is 22.9 Å². The highest BCUT2D eigenvalue weighted by molar-refractivity contribution is 7.13. The van der Waals surface area contributed by atoms with Gasteiger partial charge < -0.3 is 10.6 Å². The highest BCUT2D eigenvalue weighted by atomic mass is 32.1. The third-order valence-corrected chi connectivity index (χ3v) is 3.97. The Kier molecular flexibility index (Phi) is 3.52. The van der Waals surface area contributed by atoms with Crippen LogP contribution in [0.2, 0.25) is 0 Å². The lowest BCUT2D eigenvalue weighted by atomic mass is 10.4. The third kappa shape index (κ3) is 2.58. The molecule has 2 aromatic rings. The zero-order valence-electron chi connectivity index (χ0n) is 9.30. The molecular formula is C10H14N4S2. The van der Waals surface area contributed by atoms with Gasteiger partial charge in [-0.15, -0.1) is 22.7 Å². The SMILES string of the molecule is Cc1nc(CN(C)c2nc(CN)cs2)cs1. The van der Waals surface area contributed by atoms with E-state index in [4.69, 9.17) is 5.73 Å². The number of aromatic nitrogens is 2. The van der Waals surface area contributed by atoms with E-state index in [-0.39, 0.29) is 0 Å². The van der Waals surface area contributed by atoms with E-state index in [9.17, 15) is 0 Å². The number of thiazole rings is 2. The Balaban J connectivity index is 2.05. The lowest BCUT2D eigenvalue weighted by Crippen LogP contribution is -2.16. The maximum absolute atomic E-state index is 5.53. The summed E-state index contributed by atoms with van der Waals surface area (Å²) in [6, 6.07) is 0. The second-order valence-electron chi connectivity index (χ2n) is 3.54. The average Bonchev–Trinajstić information content (AvgIpc) is 2.87. The molecule has 0 aromatic carbocycles. The van der Waals surface area contributed by atoms with Crippen molar-refractivity contribution in [3.63, 3.8) is 0 Å². The Morgan fingerprint density at radius 2 is 2.00 bits per heavy atom. The molecule has 0 atom stereocenters. The zero-order chi connectivity index (χ0) is 11.5. The van der Waals surface area contributed by atoms with Gasteiger partial charge in [0, 0.05) is 24.4 Å². The van der Waals surface area contributed by atoms with Gasteiger partial charge in [-0.3, -0.25) is 0 Å². The minimum atomic E-state index is 0.500. The molecule has 6 heteroatoms. The van der Waals surface area contributed by atoms with Crippen LogP contribution in [0.3, 0.4) is 0 Å². The van der Waals surface area contributed by atoms with Gasteiger partial charge in [-0.2, -0.15) is 0 Å². The fourth-order valence-electron chi connectivity index (χ4n) is 1.36. The van der Waals surface area contributed by atoms with Crippen LogP contribution in [-0.4, -0.2) is 17.0 Å². The minimum Gasteiger partial charge on any atom is -0.345 e. The van der Waals surface area contributed by atoms with E-state index in [0.29, 0.717) is 6.54 Å². The molecule has 0 aliphatic heterocycles. The maximum Gasteiger partial charge on any atom is 0.185 e. The molecule has 0 saturated heterocycles. The van der Waals surface area contributed by atoms with E-state index in [1.165, 1.54) is 0 Å². The Bertz CT molecular complexity index is 463. The van der Waals surface area contributed by atoms with Crippen molar-refractivity contribution in [3.05, 3.63) is 27.2 Å². The van der Waals surface area contributed by atoms with E-state index >= 15 is 0 Å². The van der Waals surface area contributed by atoms with Crippen molar-refractivity contribution in [2.24, 2.45) is 5.73 Å². The Labute approximate surface area is 103 Å². The van der Waals surface area contributed by atoms with Gasteiger partial charge in [-0.05, 0) is 6.92 Å². The number of hydrogen-bond donors (Lipinski definition) is 1. The topological polar surface area (TPSA) is 55.0 Å². The molecule has 0 amide bonds. The van der Waals surface area contributed by atoms with Crippen LogP contribution in [-0.2, 0) is 13.1 Å². The van der Waals surface area contributed by atoms with Crippen LogP contribution in [0.25, 0.3) is 0 Å². The summed E-state index contributed by atoms with van der Waals surface area (Å²) in [4.78, 5) is 11.0. The minimum absolute atomic E-state index is 0.500. The van der Waals surface area contributed by atoms with Crippen molar-refractivity contribution in [2.45, 2.75) is 20.0 Å². The predicted molar refractivity (Wildman–Crippen MR) is 69.0 cm³/mol. The molecule has 0 spiro atoms. The van der Waals surface area contributed by atoms with E-state index in [1.807, 2.05) is 19.4 Å². The Morgan fingerprint density at radius 1 is 1.25 bits per heavy atom. The predicted octanol–water partition coefficient (Wildman–Crippen LogP) is 2.00. The molecule has 0 radical (unpaired) electrons. The van der Waals surface area contributed by atoms with Crippen LogP contribution in [0.5, 0.6) is 0 Å². The first-order valence-corrected chi connectivity index (χ1v) is 6.71. The van der Waals surface area contributed by atoms with Gasteiger partial charge in [0.15, 0.2) is 5.13 Å². The quantitative estimate of drug-likeness (QED) is 0.906. The molecule has 2 heterocycles. The fraction of sp³-hybridized carbons (Fsp3) is 0.400. The van der Waals surface area contributed by atoms with E-state index < -0.39 is 0 Å². The summed E-state index contributed by atoms with van der Waals surface area (Å²) in [6.45, 7) is 3.31. The third-order valence-electron chi connectivity index (χ3n) is 2.14. The van der Waals surface area contributed by atoms with Crippen molar-refractivity contribution in [1.29, 1.82) is 0 Å². The van der Waals surface area contributed by atoms with Gasteiger partial charge in [0.2, 0.25) is 0 Å². The van der Waals surface area contributed by atoms with Crippen molar-refractivity contribution < 1.29 is 0 Å². The summed E-state index contributed by atoms with van der Waals surface area (Å²) in [5.41, 5.74) is 7.57. The van der Waals surface area contributed by atoms with E-state index in [1.54, 1.807) is 22.7 Å². The van der Waals surface area contributed by atoms with Crippen molar-refractivity contribution in [1.82, 2.24) is 9.97 Å². The molecule has 0 aliphatic carbocycles. The lowest BCUT2D eigenvalue weighted by molar-refractivity contribution is 0.874. The summed E-state index contributed by atoms with van der Waals surface area (Å²) in [5.74, 6) is 0. The van der Waals surface area contributed by atoms with Gasteiger partial charge in [-0.1, -0.05) is 0 Å². The number of hydrogen-bond acceptors (Lipinski definition) is 6. The smallest absolute Gasteiger partial charge is 0.185 e. The number of nitrogens with zero attached hydrogens (tertiary/aromatic N) is 3. The van der Waals surface area contributed by atoms with Gasteiger partial charge in [0.25, 0.3) is 0 Å². The van der Waals surface area contributed by atoms with Crippen LogP contribution in [0.15, 0.2) is 10.8 Å². The molecule has 0 fully saturated rings. The Hall–Kier alpha value is -0.980. The number of anilines is 1. The van der Waals surface area contributed by atoms with Crippen LogP contribution in [0, 0.1) is 6.92 Å².